The molecule has 0 unspecified atom stereocenters. The second-order valence-corrected chi connectivity index (χ2v) is 11.7. The number of amides is 2. The number of ether oxygens (including phenoxy) is 2. The Morgan fingerprint density at radius 3 is 1.63 bits per heavy atom. The molecule has 52 heavy (non-hydrogen) atoms. The molecule has 2 saturated heterocycles. The van der Waals surface area contributed by atoms with Crippen molar-refractivity contribution in [3.05, 3.63) is 23.8 Å². The normalized spacial score (nSPS) is 22.4. The molecule has 2 amide bonds. The summed E-state index contributed by atoms with van der Waals surface area (Å²) in [6.07, 6.45) is -11.1. The number of hydrogen-bond acceptors (Lipinski definition) is 9. The van der Waals surface area contributed by atoms with Crippen molar-refractivity contribution in [2.45, 2.75) is 61.7 Å². The van der Waals surface area contributed by atoms with Crippen molar-refractivity contribution >= 4 is 23.9 Å². The summed E-state index contributed by atoms with van der Waals surface area (Å²) in [6, 6.07) is 6.88. The average Bonchev–Trinajstić information content (AvgIpc) is 3.37. The van der Waals surface area contributed by atoms with Crippen LogP contribution in [0.3, 0.4) is 0 Å². The van der Waals surface area contributed by atoms with Crippen LogP contribution in [0, 0.1) is 0 Å². The third kappa shape index (κ3) is 14.1. The van der Waals surface area contributed by atoms with E-state index in [9.17, 15) is 44.3 Å². The van der Waals surface area contributed by atoms with Crippen LogP contribution in [-0.4, -0.2) is 146 Å². The van der Waals surface area contributed by atoms with Crippen LogP contribution in [0.5, 0.6) is 11.5 Å². The van der Waals surface area contributed by atoms with Gasteiger partial charge in [-0.05, 0) is 64.0 Å². The molecule has 5 N–H and O–H groups in total. The third-order valence-corrected chi connectivity index (χ3v) is 8.31. The molecule has 1 saturated carbocycles. The Morgan fingerprint density at radius 1 is 0.750 bits per heavy atom. The van der Waals surface area contributed by atoms with E-state index in [1.807, 2.05) is 11.1 Å². The number of carboxylic acid groups (broad SMARTS) is 3. The van der Waals surface area contributed by atoms with E-state index < -0.39 is 36.4 Å². The van der Waals surface area contributed by atoms with Gasteiger partial charge in [0.15, 0.2) is 11.5 Å². The first-order chi connectivity index (χ1) is 23.8. The minimum absolute atomic E-state index is 0.0752. The van der Waals surface area contributed by atoms with Gasteiger partial charge in [0.25, 0.3) is 0 Å². The molecule has 0 radical (unpaired) electrons. The molecule has 14 nitrogen and oxygen atoms in total. The number of carbonyl (C=O) groups excluding carboxylic acids is 1. The van der Waals surface area contributed by atoms with Crippen LogP contribution in [0.2, 0.25) is 0 Å². The van der Waals surface area contributed by atoms with Crippen LogP contribution in [0.1, 0.15) is 31.2 Å². The molecule has 0 aromatic heterocycles. The summed E-state index contributed by atoms with van der Waals surface area (Å²) in [6.45, 7) is 4.75. The highest BCUT2D eigenvalue weighted by molar-refractivity contribution is 5.74. The zero-order valence-corrected chi connectivity index (χ0v) is 28.3. The predicted octanol–water partition coefficient (Wildman–Crippen LogP) is 3.56. The van der Waals surface area contributed by atoms with Gasteiger partial charge in [0.2, 0.25) is 0 Å². The van der Waals surface area contributed by atoms with Gasteiger partial charge in [-0.15, -0.1) is 0 Å². The van der Waals surface area contributed by atoms with Gasteiger partial charge in [-0.25, -0.2) is 24.2 Å². The molecule has 2 heterocycles. The fraction of sp³-hybridized carbons (Fsp3) is 0.655. The highest BCUT2D eigenvalue weighted by atomic mass is 19.4. The molecule has 3 fully saturated rings. The molecule has 23 heteroatoms. The summed E-state index contributed by atoms with van der Waals surface area (Å²) >= 11 is 0. The van der Waals surface area contributed by atoms with Gasteiger partial charge in [-0.2, -0.15) is 39.5 Å². The van der Waals surface area contributed by atoms with Gasteiger partial charge in [-0.3, -0.25) is 5.43 Å². The molecule has 1 aromatic carbocycles. The second kappa shape index (κ2) is 19.0. The molecule has 2 aliphatic heterocycles. The van der Waals surface area contributed by atoms with E-state index in [-0.39, 0.29) is 17.5 Å². The summed E-state index contributed by atoms with van der Waals surface area (Å²) in [5.74, 6) is -6.72. The zero-order chi connectivity index (χ0) is 40.2. The Hall–Kier alpha value is -4.25. The van der Waals surface area contributed by atoms with Crippen LogP contribution >= 0.6 is 0 Å². The number of halogens is 9. The van der Waals surface area contributed by atoms with Crippen molar-refractivity contribution in [2.75, 3.05) is 61.0 Å². The number of likely N-dealkylation sites (N-methyl/N-ethyl adjacent to an activating group) is 2. The minimum atomic E-state index is -5.08. The van der Waals surface area contributed by atoms with Gasteiger partial charge >= 0.3 is 42.5 Å². The minimum Gasteiger partial charge on any atom is -0.493 e. The van der Waals surface area contributed by atoms with Crippen molar-refractivity contribution in [2.24, 2.45) is 0 Å². The quantitative estimate of drug-likeness (QED) is 0.275. The highest BCUT2D eigenvalue weighted by Gasteiger charge is 2.51. The smallest absolute Gasteiger partial charge is 0.490 e. The lowest BCUT2D eigenvalue weighted by Gasteiger charge is -2.45. The number of piperazine rings is 1. The first-order valence-electron chi connectivity index (χ1n) is 15.1. The Balaban J connectivity index is 0.000000525. The van der Waals surface area contributed by atoms with Gasteiger partial charge in [0.1, 0.15) is 0 Å². The Morgan fingerprint density at radius 2 is 1.21 bits per heavy atom. The lowest BCUT2D eigenvalue weighted by Crippen LogP contribution is -2.58. The molecule has 298 valence electrons. The number of nitrogens with zero attached hydrogens (tertiary/aromatic N) is 3. The van der Waals surface area contributed by atoms with E-state index in [1.165, 1.54) is 5.56 Å². The van der Waals surface area contributed by atoms with E-state index in [0.717, 1.165) is 69.9 Å². The van der Waals surface area contributed by atoms with E-state index >= 15 is 0 Å². The fourth-order valence-corrected chi connectivity index (χ4v) is 5.67. The maximum atomic E-state index is 12.6. The van der Waals surface area contributed by atoms with Crippen LogP contribution < -0.4 is 20.2 Å². The number of fused-ring (bicyclic) bond motifs is 1. The molecule has 0 spiro atoms. The van der Waals surface area contributed by atoms with Crippen LogP contribution in [0.4, 0.5) is 44.3 Å². The van der Waals surface area contributed by atoms with E-state index in [1.54, 1.807) is 14.2 Å². The largest absolute Gasteiger partial charge is 0.493 e. The fourth-order valence-electron chi connectivity index (χ4n) is 5.67. The molecule has 3 atom stereocenters. The summed E-state index contributed by atoms with van der Waals surface area (Å²) in [5, 5.41) is 26.6. The Kier molecular flexibility index (Phi) is 16.7. The highest BCUT2D eigenvalue weighted by Crippen LogP contribution is 2.49. The number of alkyl halides is 9. The monoisotopic (exact) mass is 773 g/mol. The van der Waals surface area contributed by atoms with E-state index in [4.69, 9.17) is 39.2 Å². The molecular weight excluding hydrogens is 733 g/mol. The Labute approximate surface area is 291 Å². The van der Waals surface area contributed by atoms with Crippen molar-refractivity contribution in [3.8, 4) is 11.5 Å². The van der Waals surface area contributed by atoms with Gasteiger partial charge in [0.05, 0.1) is 14.2 Å². The number of benzene rings is 1. The summed E-state index contributed by atoms with van der Waals surface area (Å²) in [7, 11) is 7.69. The van der Waals surface area contributed by atoms with Crippen molar-refractivity contribution in [1.29, 1.82) is 0 Å². The first kappa shape index (κ1) is 45.8. The van der Waals surface area contributed by atoms with Gasteiger partial charge in [-0.1, -0.05) is 6.07 Å². The number of rotatable bonds is 5. The summed E-state index contributed by atoms with van der Waals surface area (Å²) < 4.78 is 106. The second-order valence-electron chi connectivity index (χ2n) is 11.7. The molecule has 4 rings (SSSR count). The van der Waals surface area contributed by atoms with Crippen LogP contribution in [-0.2, 0) is 19.8 Å². The Bertz CT molecular complexity index is 1300. The lowest BCUT2D eigenvalue weighted by molar-refractivity contribution is -0.193. The van der Waals surface area contributed by atoms with E-state index in [0.29, 0.717) is 6.04 Å². The van der Waals surface area contributed by atoms with Gasteiger partial charge in [0, 0.05) is 43.7 Å². The number of carbonyl (C=O) groups is 4. The standard InChI is InChI=1S/C23H37N5O3.3C2HF3O2/c1-26-11-13-28(14-12-26)25-22(29)24-18-7-8-23(9-10-27(2)21(23)16-18)17-5-6-19(30-3)20(15-17)31-4;3*3-2(4,5)1(6)7/h5-6,15,18,21H,7-14,16H2,1-4H3,(H2,24,25,29);3*(H,6,7)/t18-,21+,23+;;;/m1.../s1. The number of hydrogen-bond donors (Lipinski definition) is 5. The zero-order valence-electron chi connectivity index (χ0n) is 28.3. The SMILES string of the molecule is COc1ccc([C@@]23CC[C@@H](NC(=O)NN4CCN(C)CC4)C[C@@H]2N(C)CC3)cc1OC.O=C(O)C(F)(F)F.O=C(O)C(F)(F)F.O=C(O)C(F)(F)F. The van der Waals surface area contributed by atoms with Crippen LogP contribution in [0.25, 0.3) is 0 Å². The molecule has 1 aliphatic carbocycles. The molecule has 3 aliphatic rings. The number of urea groups is 1. The molecular formula is C29H40F9N5O9. The first-order valence-corrected chi connectivity index (χ1v) is 15.1. The van der Waals surface area contributed by atoms with Crippen molar-refractivity contribution < 1.29 is 83.5 Å². The number of nitrogens with one attached hydrogen (secondary N) is 2. The van der Waals surface area contributed by atoms with Crippen molar-refractivity contribution in [1.82, 2.24) is 25.6 Å². The lowest BCUT2D eigenvalue weighted by atomic mass is 9.65. The average molecular weight is 774 g/mol. The number of likely N-dealkylation sites (tertiary alicyclic amines) is 1. The maximum absolute atomic E-state index is 12.6. The topological polar surface area (TPSA) is 181 Å². The number of hydrazine groups is 1. The third-order valence-electron chi connectivity index (χ3n) is 8.31. The molecule has 1 aromatic rings. The predicted molar refractivity (Wildman–Crippen MR) is 162 cm³/mol. The summed E-state index contributed by atoms with van der Waals surface area (Å²) in [5.41, 5.74) is 4.46. The van der Waals surface area contributed by atoms with Crippen molar-refractivity contribution in [3.63, 3.8) is 0 Å². The molecule has 0 bridgehead atoms. The van der Waals surface area contributed by atoms with Crippen LogP contribution in [0.15, 0.2) is 18.2 Å². The van der Waals surface area contributed by atoms with E-state index in [2.05, 4.69) is 46.8 Å². The summed E-state index contributed by atoms with van der Waals surface area (Å²) in [4.78, 5) is 44.0. The number of methoxy groups -OCH3 is 2. The number of carboxylic acids is 3. The van der Waals surface area contributed by atoms with Gasteiger partial charge < -0.3 is 39.9 Å². The number of aliphatic carboxylic acids is 3. The maximum Gasteiger partial charge on any atom is 0.490 e.